The zero-order valence-corrected chi connectivity index (χ0v) is 18.8. The molecule has 3 heterocycles. The molecule has 0 saturated carbocycles. The van der Waals surface area contributed by atoms with Crippen molar-refractivity contribution in [3.05, 3.63) is 51.1 Å². The Balaban J connectivity index is 1.51. The second kappa shape index (κ2) is 8.33. The summed E-state index contributed by atoms with van der Waals surface area (Å²) < 4.78 is 27.2. The minimum atomic E-state index is -3.68. The number of carbonyl (C=O) groups is 1. The zero-order valence-electron chi connectivity index (χ0n) is 14.8. The van der Waals surface area contributed by atoms with Crippen molar-refractivity contribution < 1.29 is 13.2 Å². The van der Waals surface area contributed by atoms with Gasteiger partial charge in [-0.3, -0.25) is 4.79 Å². The topological polar surface area (TPSA) is 79.4 Å². The maximum atomic E-state index is 12.8. The maximum Gasteiger partial charge on any atom is 0.253 e. The lowest BCUT2D eigenvalue weighted by molar-refractivity contribution is -0.119. The molecule has 0 aliphatic carbocycles. The number of hydrogen-bond donors (Lipinski definition) is 1. The van der Waals surface area contributed by atoms with E-state index in [1.807, 2.05) is 0 Å². The van der Waals surface area contributed by atoms with Gasteiger partial charge in [-0.05, 0) is 36.4 Å². The van der Waals surface area contributed by atoms with Gasteiger partial charge in [0.2, 0.25) is 5.91 Å². The normalized spacial score (nSPS) is 17.5. The minimum Gasteiger partial charge on any atom is -0.301 e. The number of hydrogen-bond acceptors (Lipinski definition) is 6. The number of anilines is 1. The van der Waals surface area contributed by atoms with Crippen molar-refractivity contribution in [2.45, 2.75) is 23.1 Å². The molecule has 0 spiro atoms. The minimum absolute atomic E-state index is 0.244. The highest BCUT2D eigenvalue weighted by atomic mass is 35.5. The van der Waals surface area contributed by atoms with Crippen molar-refractivity contribution in [1.29, 1.82) is 0 Å². The number of nitrogens with one attached hydrogen (secondary N) is 1. The summed E-state index contributed by atoms with van der Waals surface area (Å²) in [7, 11) is -3.68. The number of amides is 1. The molecule has 4 rings (SSSR count). The van der Waals surface area contributed by atoms with E-state index in [-0.39, 0.29) is 10.1 Å². The van der Waals surface area contributed by atoms with Gasteiger partial charge in [0, 0.05) is 17.5 Å². The molecule has 1 aliphatic rings. The van der Waals surface area contributed by atoms with Crippen molar-refractivity contribution in [3.8, 4) is 11.3 Å². The Morgan fingerprint density at radius 3 is 2.76 bits per heavy atom. The molecule has 0 bridgehead atoms. The first kappa shape index (κ1) is 20.8. The lowest BCUT2D eigenvalue weighted by atomic mass is 10.2. The fourth-order valence-corrected chi connectivity index (χ4v) is 6.92. The van der Waals surface area contributed by atoms with Gasteiger partial charge < -0.3 is 5.32 Å². The van der Waals surface area contributed by atoms with Crippen LogP contribution in [0.25, 0.3) is 11.3 Å². The van der Waals surface area contributed by atoms with E-state index in [4.69, 9.17) is 23.2 Å². The number of nitrogens with zero attached hydrogens (tertiary/aromatic N) is 2. The molecule has 1 saturated heterocycles. The molecule has 11 heteroatoms. The standard InChI is InChI=1S/C18H15Cl2N3O3S3/c19-12-6-5-11(9-13(12)20)14-10-28-18(21-14)22-17(24)15-3-1-7-23(15)29(25,26)16-4-2-8-27-16/h2,4-6,8-10,15H,1,3,7H2,(H,21,22,24). The van der Waals surface area contributed by atoms with Crippen LogP contribution < -0.4 is 5.32 Å². The molecule has 2 aromatic heterocycles. The fourth-order valence-electron chi connectivity index (χ4n) is 3.12. The Hall–Kier alpha value is -1.49. The van der Waals surface area contributed by atoms with E-state index in [2.05, 4.69) is 10.3 Å². The number of thiazole rings is 1. The first-order valence-electron chi connectivity index (χ1n) is 8.63. The second-order valence-corrected chi connectivity index (χ2v) is 11.1. The van der Waals surface area contributed by atoms with Gasteiger partial charge in [0.1, 0.15) is 10.3 Å². The molecule has 1 amide bonds. The Morgan fingerprint density at radius 1 is 1.21 bits per heavy atom. The quantitative estimate of drug-likeness (QED) is 0.550. The number of carbonyl (C=O) groups excluding carboxylic acids is 1. The predicted molar refractivity (Wildman–Crippen MR) is 117 cm³/mol. The van der Waals surface area contributed by atoms with Crippen LogP contribution in [0, 0.1) is 0 Å². The Kier molecular flexibility index (Phi) is 5.97. The van der Waals surface area contributed by atoms with Gasteiger partial charge in [-0.2, -0.15) is 4.31 Å². The van der Waals surface area contributed by atoms with Crippen LogP contribution in [0.15, 0.2) is 45.3 Å². The molecule has 1 N–H and O–H groups in total. The average Bonchev–Trinajstić information content (AvgIpc) is 3.45. The summed E-state index contributed by atoms with van der Waals surface area (Å²) in [5.41, 5.74) is 1.43. The highest BCUT2D eigenvalue weighted by Gasteiger charge is 2.40. The Labute approximate surface area is 186 Å². The molecule has 1 aliphatic heterocycles. The van der Waals surface area contributed by atoms with Crippen molar-refractivity contribution in [2.75, 3.05) is 11.9 Å². The molecule has 29 heavy (non-hydrogen) atoms. The van der Waals surface area contributed by atoms with Gasteiger partial charge in [0.05, 0.1) is 15.7 Å². The van der Waals surface area contributed by atoms with Crippen LogP contribution in [0.1, 0.15) is 12.8 Å². The summed E-state index contributed by atoms with van der Waals surface area (Å²) in [6.45, 7) is 0.324. The third kappa shape index (κ3) is 4.21. The molecular weight excluding hydrogens is 473 g/mol. The van der Waals surface area contributed by atoms with Crippen LogP contribution >= 0.6 is 45.9 Å². The van der Waals surface area contributed by atoms with Crippen LogP contribution in [0.4, 0.5) is 5.13 Å². The van der Waals surface area contributed by atoms with Gasteiger partial charge in [-0.1, -0.05) is 35.3 Å². The van der Waals surface area contributed by atoms with E-state index in [9.17, 15) is 13.2 Å². The largest absolute Gasteiger partial charge is 0.301 e. The van der Waals surface area contributed by atoms with Crippen LogP contribution in [0.3, 0.4) is 0 Å². The summed E-state index contributed by atoms with van der Waals surface area (Å²) in [4.78, 5) is 17.2. The van der Waals surface area contributed by atoms with Crippen LogP contribution in [0.2, 0.25) is 10.0 Å². The summed E-state index contributed by atoms with van der Waals surface area (Å²) >= 11 is 14.4. The summed E-state index contributed by atoms with van der Waals surface area (Å²) in [6.07, 6.45) is 1.11. The SMILES string of the molecule is O=C(Nc1nc(-c2ccc(Cl)c(Cl)c2)cs1)C1CCCN1S(=O)(=O)c1cccs1. The molecule has 3 aromatic rings. The van der Waals surface area contributed by atoms with E-state index in [1.165, 1.54) is 15.6 Å². The summed E-state index contributed by atoms with van der Waals surface area (Å²) in [6, 6.07) is 7.67. The Bertz CT molecular complexity index is 1150. The lowest BCUT2D eigenvalue weighted by Crippen LogP contribution is -2.42. The molecule has 152 valence electrons. The third-order valence-corrected chi connectivity index (χ3v) is 9.29. The van der Waals surface area contributed by atoms with E-state index < -0.39 is 16.1 Å². The molecule has 1 atom stereocenters. The van der Waals surface area contributed by atoms with Crippen molar-refractivity contribution in [1.82, 2.24) is 9.29 Å². The van der Waals surface area contributed by atoms with Gasteiger partial charge in [-0.25, -0.2) is 13.4 Å². The molecular formula is C18H15Cl2N3O3S3. The Morgan fingerprint density at radius 2 is 2.03 bits per heavy atom. The second-order valence-electron chi connectivity index (χ2n) is 6.36. The fraction of sp³-hybridized carbons (Fsp3) is 0.222. The van der Waals surface area contributed by atoms with Crippen LogP contribution in [-0.4, -0.2) is 36.2 Å². The zero-order chi connectivity index (χ0) is 20.6. The third-order valence-electron chi connectivity index (χ3n) is 4.51. The molecule has 0 radical (unpaired) electrons. The van der Waals surface area contributed by atoms with Gasteiger partial charge in [-0.15, -0.1) is 22.7 Å². The summed E-state index contributed by atoms with van der Waals surface area (Å²) in [5, 5.41) is 7.53. The van der Waals surface area contributed by atoms with E-state index in [0.717, 1.165) is 16.9 Å². The first-order chi connectivity index (χ1) is 13.9. The van der Waals surface area contributed by atoms with E-state index >= 15 is 0 Å². The van der Waals surface area contributed by atoms with E-state index in [1.54, 1.807) is 41.1 Å². The monoisotopic (exact) mass is 487 g/mol. The van der Waals surface area contributed by atoms with Crippen molar-refractivity contribution in [3.63, 3.8) is 0 Å². The number of thiophene rings is 1. The van der Waals surface area contributed by atoms with Gasteiger partial charge in [0.15, 0.2) is 5.13 Å². The number of aromatic nitrogens is 1. The van der Waals surface area contributed by atoms with E-state index in [0.29, 0.717) is 40.3 Å². The summed E-state index contributed by atoms with van der Waals surface area (Å²) in [5.74, 6) is -0.377. The highest BCUT2D eigenvalue weighted by molar-refractivity contribution is 7.91. The van der Waals surface area contributed by atoms with Crippen molar-refractivity contribution in [2.24, 2.45) is 0 Å². The predicted octanol–water partition coefficient (Wildman–Crippen LogP) is 4.97. The van der Waals surface area contributed by atoms with Crippen LogP contribution in [0.5, 0.6) is 0 Å². The lowest BCUT2D eigenvalue weighted by Gasteiger charge is -2.22. The molecule has 1 aromatic carbocycles. The van der Waals surface area contributed by atoms with Crippen molar-refractivity contribution >= 4 is 66.9 Å². The maximum absolute atomic E-state index is 12.8. The first-order valence-corrected chi connectivity index (χ1v) is 12.6. The smallest absolute Gasteiger partial charge is 0.253 e. The van der Waals surface area contributed by atoms with Gasteiger partial charge >= 0.3 is 0 Å². The molecule has 1 fully saturated rings. The average molecular weight is 488 g/mol. The number of sulfonamides is 1. The van der Waals surface area contributed by atoms with Crippen LogP contribution in [-0.2, 0) is 14.8 Å². The molecule has 1 unspecified atom stereocenters. The highest BCUT2D eigenvalue weighted by Crippen LogP contribution is 2.32. The number of benzene rings is 1. The van der Waals surface area contributed by atoms with Gasteiger partial charge in [0.25, 0.3) is 10.0 Å². The number of halogens is 2. The molecule has 6 nitrogen and oxygen atoms in total. The number of rotatable bonds is 5.